The van der Waals surface area contributed by atoms with Gasteiger partial charge in [-0.3, -0.25) is 4.79 Å². The van der Waals surface area contributed by atoms with E-state index in [4.69, 9.17) is 10.2 Å². The number of oxazole rings is 1. The number of carbonyl (C=O) groups excluding carboxylic acids is 1. The molecule has 0 radical (unpaired) electrons. The van der Waals surface area contributed by atoms with E-state index in [1.54, 1.807) is 7.05 Å². The smallest absolute Gasteiger partial charge is 0.270 e. The largest absolute Gasteiger partial charge is 0.446 e. The van der Waals surface area contributed by atoms with Crippen molar-refractivity contribution in [3.63, 3.8) is 0 Å². The van der Waals surface area contributed by atoms with Crippen LogP contribution in [-0.4, -0.2) is 17.9 Å². The van der Waals surface area contributed by atoms with Crippen molar-refractivity contribution in [1.29, 1.82) is 0 Å². The molecule has 5 heteroatoms. The predicted molar refractivity (Wildman–Crippen MR) is 47.1 cm³/mol. The van der Waals surface area contributed by atoms with E-state index in [1.165, 1.54) is 6.26 Å². The van der Waals surface area contributed by atoms with Gasteiger partial charge in [0.15, 0.2) is 5.69 Å². The van der Waals surface area contributed by atoms with Gasteiger partial charge in [0.1, 0.15) is 6.26 Å². The Morgan fingerprint density at radius 2 is 2.31 bits per heavy atom. The number of rotatable bonds is 3. The highest BCUT2D eigenvalue weighted by atomic mass is 16.3. The molecule has 5 nitrogen and oxygen atoms in total. The number of nitrogens with two attached hydrogens (primary N) is 1. The van der Waals surface area contributed by atoms with E-state index >= 15 is 0 Å². The van der Waals surface area contributed by atoms with E-state index in [0.29, 0.717) is 5.89 Å². The number of hydrogen-bond acceptors (Lipinski definition) is 4. The molecule has 1 aromatic heterocycles. The van der Waals surface area contributed by atoms with E-state index in [0.717, 1.165) is 0 Å². The summed E-state index contributed by atoms with van der Waals surface area (Å²) in [6.07, 6.45) is 1.26. The lowest BCUT2D eigenvalue weighted by Crippen LogP contribution is -2.33. The molecule has 0 saturated carbocycles. The summed E-state index contributed by atoms with van der Waals surface area (Å²) in [6.45, 7) is 3.78. The normalized spacial score (nSPS) is 11.6. The van der Waals surface area contributed by atoms with Crippen LogP contribution in [0.4, 0.5) is 0 Å². The molecule has 13 heavy (non-hydrogen) atoms. The second-order valence-electron chi connectivity index (χ2n) is 3.28. The van der Waals surface area contributed by atoms with Crippen LogP contribution in [0.1, 0.15) is 30.2 Å². The number of primary amides is 1. The minimum absolute atomic E-state index is 0.151. The molecular weight excluding hydrogens is 170 g/mol. The Balaban J connectivity index is 2.98. The van der Waals surface area contributed by atoms with Gasteiger partial charge in [0.2, 0.25) is 5.89 Å². The monoisotopic (exact) mass is 183 g/mol. The van der Waals surface area contributed by atoms with Crippen LogP contribution in [0, 0.1) is 0 Å². The van der Waals surface area contributed by atoms with Crippen LogP contribution in [-0.2, 0) is 5.54 Å². The second-order valence-corrected chi connectivity index (χ2v) is 3.28. The Morgan fingerprint density at radius 3 is 2.69 bits per heavy atom. The van der Waals surface area contributed by atoms with Crippen molar-refractivity contribution in [2.45, 2.75) is 19.4 Å². The first-order valence-corrected chi connectivity index (χ1v) is 3.92. The minimum atomic E-state index is -0.582. The van der Waals surface area contributed by atoms with Gasteiger partial charge in [0.25, 0.3) is 5.91 Å². The molecule has 0 spiro atoms. The standard InChI is InChI=1S/C8H13N3O2/c1-8(2,10-3)7-11-5(4-13-7)6(9)12/h4,10H,1-3H3,(H2,9,12). The molecule has 1 rings (SSSR count). The zero-order valence-corrected chi connectivity index (χ0v) is 7.92. The molecule has 3 N–H and O–H groups in total. The van der Waals surface area contributed by atoms with E-state index in [1.807, 2.05) is 13.8 Å². The van der Waals surface area contributed by atoms with Crippen molar-refractivity contribution in [3.05, 3.63) is 17.8 Å². The summed E-state index contributed by atoms with van der Waals surface area (Å²) in [6, 6.07) is 0. The van der Waals surface area contributed by atoms with Crippen LogP contribution in [0.15, 0.2) is 10.7 Å². The highest BCUT2D eigenvalue weighted by Gasteiger charge is 2.24. The summed E-state index contributed by atoms with van der Waals surface area (Å²) in [5.74, 6) is -0.134. The summed E-state index contributed by atoms with van der Waals surface area (Å²) in [7, 11) is 1.79. The van der Waals surface area contributed by atoms with E-state index in [-0.39, 0.29) is 5.69 Å². The van der Waals surface area contributed by atoms with Gasteiger partial charge in [0, 0.05) is 0 Å². The Morgan fingerprint density at radius 1 is 1.69 bits per heavy atom. The van der Waals surface area contributed by atoms with Crippen LogP contribution < -0.4 is 11.1 Å². The molecule has 0 aromatic carbocycles. The number of aromatic nitrogens is 1. The Kier molecular flexibility index (Phi) is 2.38. The molecule has 0 unspecified atom stereocenters. The lowest BCUT2D eigenvalue weighted by Gasteiger charge is -2.18. The maximum Gasteiger partial charge on any atom is 0.270 e. The molecule has 0 aliphatic heterocycles. The maximum atomic E-state index is 10.7. The zero-order chi connectivity index (χ0) is 10.1. The lowest BCUT2D eigenvalue weighted by molar-refractivity contribution is 0.0995. The summed E-state index contributed by atoms with van der Waals surface area (Å²) in [5.41, 5.74) is 4.79. The zero-order valence-electron chi connectivity index (χ0n) is 7.92. The topological polar surface area (TPSA) is 81.1 Å². The molecule has 1 aromatic rings. The van der Waals surface area contributed by atoms with Crippen molar-refractivity contribution in [2.75, 3.05) is 7.05 Å². The molecule has 0 atom stereocenters. The third-order valence-electron chi connectivity index (χ3n) is 1.92. The molecular formula is C8H13N3O2. The Bertz CT molecular complexity index is 317. The first kappa shape index (κ1) is 9.73. The molecule has 0 fully saturated rings. The average Bonchev–Trinajstić information content (AvgIpc) is 2.52. The molecule has 0 aliphatic rings. The molecule has 0 bridgehead atoms. The minimum Gasteiger partial charge on any atom is -0.446 e. The molecule has 0 aliphatic carbocycles. The van der Waals surface area contributed by atoms with Crippen molar-refractivity contribution in [1.82, 2.24) is 10.3 Å². The van der Waals surface area contributed by atoms with E-state index in [2.05, 4.69) is 10.3 Å². The number of amides is 1. The van der Waals surface area contributed by atoms with Gasteiger partial charge in [-0.25, -0.2) is 4.98 Å². The quantitative estimate of drug-likeness (QED) is 0.702. The average molecular weight is 183 g/mol. The van der Waals surface area contributed by atoms with Gasteiger partial charge in [-0.05, 0) is 20.9 Å². The van der Waals surface area contributed by atoms with Gasteiger partial charge in [-0.1, -0.05) is 0 Å². The van der Waals surface area contributed by atoms with Crippen LogP contribution in [0.5, 0.6) is 0 Å². The number of nitrogens with zero attached hydrogens (tertiary/aromatic N) is 1. The van der Waals surface area contributed by atoms with Crippen molar-refractivity contribution >= 4 is 5.91 Å². The SMILES string of the molecule is CNC(C)(C)c1nc(C(N)=O)co1. The Labute approximate surface area is 76.3 Å². The first-order chi connectivity index (χ1) is 5.97. The van der Waals surface area contributed by atoms with Crippen LogP contribution in [0.3, 0.4) is 0 Å². The molecule has 72 valence electrons. The Hall–Kier alpha value is -1.36. The summed E-state index contributed by atoms with van der Waals surface area (Å²) < 4.78 is 5.11. The third-order valence-corrected chi connectivity index (χ3v) is 1.92. The molecule has 0 saturated heterocycles. The highest BCUT2D eigenvalue weighted by Crippen LogP contribution is 2.17. The van der Waals surface area contributed by atoms with Gasteiger partial charge >= 0.3 is 0 Å². The van der Waals surface area contributed by atoms with Gasteiger partial charge in [-0.15, -0.1) is 0 Å². The number of carbonyl (C=O) groups is 1. The fourth-order valence-corrected chi connectivity index (χ4v) is 0.781. The fraction of sp³-hybridized carbons (Fsp3) is 0.500. The van der Waals surface area contributed by atoms with Crippen LogP contribution in [0.25, 0.3) is 0 Å². The number of hydrogen-bond donors (Lipinski definition) is 2. The van der Waals surface area contributed by atoms with E-state index < -0.39 is 11.4 Å². The summed E-state index contributed by atoms with van der Waals surface area (Å²) >= 11 is 0. The van der Waals surface area contributed by atoms with Gasteiger partial charge < -0.3 is 15.5 Å². The molecule has 1 amide bonds. The second kappa shape index (κ2) is 3.18. The maximum absolute atomic E-state index is 10.7. The predicted octanol–water partition coefficient (Wildman–Crippen LogP) is 0.228. The number of nitrogens with one attached hydrogen (secondary N) is 1. The van der Waals surface area contributed by atoms with Crippen LogP contribution >= 0.6 is 0 Å². The van der Waals surface area contributed by atoms with Gasteiger partial charge in [-0.2, -0.15) is 0 Å². The third kappa shape index (κ3) is 1.86. The van der Waals surface area contributed by atoms with Crippen LogP contribution in [0.2, 0.25) is 0 Å². The first-order valence-electron chi connectivity index (χ1n) is 3.92. The van der Waals surface area contributed by atoms with Gasteiger partial charge in [0.05, 0.1) is 5.54 Å². The summed E-state index contributed by atoms with van der Waals surface area (Å²) in [5, 5.41) is 3.00. The summed E-state index contributed by atoms with van der Waals surface area (Å²) in [4.78, 5) is 14.7. The molecule has 1 heterocycles. The van der Waals surface area contributed by atoms with E-state index in [9.17, 15) is 4.79 Å². The highest BCUT2D eigenvalue weighted by molar-refractivity contribution is 5.90. The van der Waals surface area contributed by atoms with Crippen molar-refractivity contribution < 1.29 is 9.21 Å². The fourth-order valence-electron chi connectivity index (χ4n) is 0.781. The van der Waals surface area contributed by atoms with Crippen molar-refractivity contribution in [3.8, 4) is 0 Å². The lowest BCUT2D eigenvalue weighted by atomic mass is 10.1. The van der Waals surface area contributed by atoms with Crippen molar-refractivity contribution in [2.24, 2.45) is 5.73 Å².